The van der Waals surface area contributed by atoms with Crippen molar-refractivity contribution in [1.82, 2.24) is 0 Å². The van der Waals surface area contributed by atoms with Crippen LogP contribution in [0.15, 0.2) is 30.3 Å². The first-order valence-electron chi connectivity index (χ1n) is 2.67. The fourth-order valence-electron chi connectivity index (χ4n) is 0.614. The minimum Gasteiger partial charge on any atom is -0.326 e. The van der Waals surface area contributed by atoms with Gasteiger partial charge in [0.2, 0.25) is 0 Å². The standard InChI is InChI=1S/C7H9N.H/c8-6-7-4-2-1-3-5-7;/h1-5H,6,8H2;. The van der Waals surface area contributed by atoms with E-state index >= 15 is 0 Å². The lowest BCUT2D eigenvalue weighted by molar-refractivity contribution is 1.07. The highest BCUT2D eigenvalue weighted by atomic mass is 14.5. The lowest BCUT2D eigenvalue weighted by Gasteiger charge is -1.90. The summed E-state index contributed by atoms with van der Waals surface area (Å²) in [4.78, 5) is 0. The van der Waals surface area contributed by atoms with E-state index in [1.54, 1.807) is 0 Å². The average Bonchev–Trinajstić information content (AvgIpc) is 1.90. The van der Waals surface area contributed by atoms with Crippen molar-refractivity contribution >= 4 is 0 Å². The molecule has 0 unspecified atom stereocenters. The fraction of sp³-hybridized carbons (Fsp3) is 0.143. The van der Waals surface area contributed by atoms with Crippen LogP contribution in [-0.2, 0) is 6.54 Å². The molecule has 1 aromatic rings. The second-order valence-corrected chi connectivity index (χ2v) is 1.69. The summed E-state index contributed by atoms with van der Waals surface area (Å²) < 4.78 is 0. The molecule has 0 saturated carbocycles. The molecule has 1 nitrogen and oxygen atoms in total. The molecule has 1 radical (unpaired) electrons. The van der Waals surface area contributed by atoms with Crippen LogP contribution in [0.3, 0.4) is 0 Å². The van der Waals surface area contributed by atoms with E-state index in [0.29, 0.717) is 6.54 Å². The van der Waals surface area contributed by atoms with E-state index in [0.717, 1.165) is 0 Å². The Morgan fingerprint density at radius 2 is 1.88 bits per heavy atom. The molecule has 0 heterocycles. The summed E-state index contributed by atoms with van der Waals surface area (Å²) in [6.07, 6.45) is 0. The van der Waals surface area contributed by atoms with Crippen LogP contribution in [-0.4, -0.2) is 0 Å². The molecule has 1 aromatic carbocycles. The molecule has 0 bridgehead atoms. The summed E-state index contributed by atoms with van der Waals surface area (Å²) in [6.45, 7) is 0.640. The Bertz CT molecular complexity index is 150. The maximum Gasteiger partial charge on any atom is 0.0178 e. The average molecular weight is 108 g/mol. The van der Waals surface area contributed by atoms with Crippen molar-refractivity contribution in [3.05, 3.63) is 35.9 Å². The maximum absolute atomic E-state index is 5.35. The Morgan fingerprint density at radius 3 is 2.25 bits per heavy atom. The summed E-state index contributed by atoms with van der Waals surface area (Å²) in [5.41, 5.74) is 6.54. The molecule has 1 rings (SSSR count). The molecule has 0 saturated heterocycles. The molecule has 1 heteroatoms. The van der Waals surface area contributed by atoms with E-state index < -0.39 is 0 Å². The summed E-state index contributed by atoms with van der Waals surface area (Å²) >= 11 is 0. The molecule has 43 valence electrons. The Labute approximate surface area is 50.6 Å². The molecular weight excluding hydrogens is 98.1 g/mol. The minimum atomic E-state index is 0. The fourth-order valence-corrected chi connectivity index (χ4v) is 0.614. The van der Waals surface area contributed by atoms with Crippen molar-refractivity contribution in [1.29, 1.82) is 0 Å². The number of benzene rings is 1. The molecule has 0 aliphatic carbocycles. The lowest BCUT2D eigenvalue weighted by Crippen LogP contribution is -1.94. The highest BCUT2D eigenvalue weighted by molar-refractivity contribution is 5.13. The molecule has 0 atom stereocenters. The Kier molecular flexibility index (Phi) is 1.65. The van der Waals surface area contributed by atoms with Crippen molar-refractivity contribution < 1.29 is 1.43 Å². The summed E-state index contributed by atoms with van der Waals surface area (Å²) in [7, 11) is 0. The van der Waals surface area contributed by atoms with Gasteiger partial charge in [0.1, 0.15) is 0 Å². The van der Waals surface area contributed by atoms with Gasteiger partial charge in [0.25, 0.3) is 0 Å². The third kappa shape index (κ3) is 1.07. The molecule has 0 aliphatic heterocycles. The second-order valence-electron chi connectivity index (χ2n) is 1.69. The van der Waals surface area contributed by atoms with Crippen LogP contribution in [0.2, 0.25) is 0 Å². The SMILES string of the molecule is NCc1ccccc1.[H]. The normalized spacial score (nSPS) is 9.12. The van der Waals surface area contributed by atoms with Crippen LogP contribution in [0.25, 0.3) is 0 Å². The number of nitrogens with two attached hydrogens (primary N) is 1. The zero-order chi connectivity index (χ0) is 5.82. The first-order valence-corrected chi connectivity index (χ1v) is 2.67. The third-order valence-corrected chi connectivity index (χ3v) is 1.08. The summed E-state index contributed by atoms with van der Waals surface area (Å²) in [6, 6.07) is 9.99. The van der Waals surface area contributed by atoms with Crippen LogP contribution in [0.5, 0.6) is 0 Å². The molecular formula is C7H10N. The van der Waals surface area contributed by atoms with Gasteiger partial charge in [-0.3, -0.25) is 0 Å². The van der Waals surface area contributed by atoms with Crippen LogP contribution >= 0.6 is 0 Å². The van der Waals surface area contributed by atoms with Crippen molar-refractivity contribution in [2.24, 2.45) is 5.73 Å². The molecule has 0 aliphatic rings. The Morgan fingerprint density at radius 1 is 1.25 bits per heavy atom. The minimum absolute atomic E-state index is 0. The first kappa shape index (κ1) is 5.32. The Hall–Kier alpha value is -0.820. The molecule has 8 heavy (non-hydrogen) atoms. The van der Waals surface area contributed by atoms with Crippen molar-refractivity contribution in [3.8, 4) is 0 Å². The van der Waals surface area contributed by atoms with E-state index in [9.17, 15) is 0 Å². The predicted molar refractivity (Wildman–Crippen MR) is 35.4 cm³/mol. The highest BCUT2D eigenvalue weighted by Gasteiger charge is 1.80. The largest absolute Gasteiger partial charge is 0.326 e. The van der Waals surface area contributed by atoms with Gasteiger partial charge in [0.05, 0.1) is 0 Å². The van der Waals surface area contributed by atoms with Crippen molar-refractivity contribution in [2.45, 2.75) is 6.54 Å². The number of rotatable bonds is 1. The maximum atomic E-state index is 5.35. The summed E-state index contributed by atoms with van der Waals surface area (Å²) in [5.74, 6) is 0. The van der Waals surface area contributed by atoms with Gasteiger partial charge >= 0.3 is 0 Å². The quantitative estimate of drug-likeness (QED) is 0.575. The van der Waals surface area contributed by atoms with Gasteiger partial charge < -0.3 is 5.73 Å². The van der Waals surface area contributed by atoms with Crippen LogP contribution < -0.4 is 5.73 Å². The predicted octanol–water partition coefficient (Wildman–Crippen LogP) is 1.26. The van der Waals surface area contributed by atoms with Crippen molar-refractivity contribution in [3.63, 3.8) is 0 Å². The van der Waals surface area contributed by atoms with Crippen LogP contribution in [0, 0.1) is 0 Å². The first-order chi connectivity index (χ1) is 3.93. The Balaban J connectivity index is 0.000000640. The summed E-state index contributed by atoms with van der Waals surface area (Å²) in [5, 5.41) is 0. The second kappa shape index (κ2) is 2.48. The van der Waals surface area contributed by atoms with E-state index in [1.165, 1.54) is 5.56 Å². The van der Waals surface area contributed by atoms with Crippen LogP contribution in [0.1, 0.15) is 6.99 Å². The van der Waals surface area contributed by atoms with Gasteiger partial charge in [-0.1, -0.05) is 30.3 Å². The molecule has 2 N–H and O–H groups in total. The molecule has 0 amide bonds. The molecule has 0 spiro atoms. The number of hydrogen-bond donors (Lipinski definition) is 1. The highest BCUT2D eigenvalue weighted by Crippen LogP contribution is 1.94. The van der Waals surface area contributed by atoms with Crippen molar-refractivity contribution in [2.75, 3.05) is 0 Å². The topological polar surface area (TPSA) is 26.0 Å². The van der Waals surface area contributed by atoms with Gasteiger partial charge in [0, 0.05) is 7.97 Å². The van der Waals surface area contributed by atoms with E-state index in [-0.39, 0.29) is 1.43 Å². The van der Waals surface area contributed by atoms with Crippen LogP contribution in [0.4, 0.5) is 0 Å². The monoisotopic (exact) mass is 108 g/mol. The van der Waals surface area contributed by atoms with Gasteiger partial charge in [-0.25, -0.2) is 0 Å². The third-order valence-electron chi connectivity index (χ3n) is 1.08. The van der Waals surface area contributed by atoms with Gasteiger partial charge in [-0.05, 0) is 5.56 Å². The van der Waals surface area contributed by atoms with E-state index in [4.69, 9.17) is 5.73 Å². The number of hydrogen-bond acceptors (Lipinski definition) is 1. The zero-order valence-corrected chi connectivity index (χ0v) is 4.67. The van der Waals surface area contributed by atoms with E-state index in [2.05, 4.69) is 0 Å². The lowest BCUT2D eigenvalue weighted by atomic mass is 10.2. The van der Waals surface area contributed by atoms with Gasteiger partial charge in [-0.2, -0.15) is 0 Å². The van der Waals surface area contributed by atoms with E-state index in [1.807, 2.05) is 30.3 Å². The smallest absolute Gasteiger partial charge is 0.0178 e. The molecule has 0 aromatic heterocycles. The zero-order valence-electron chi connectivity index (χ0n) is 5.67. The van der Waals surface area contributed by atoms with Gasteiger partial charge in [-0.15, -0.1) is 0 Å². The molecule has 0 fully saturated rings. The van der Waals surface area contributed by atoms with Gasteiger partial charge in [0.15, 0.2) is 0 Å².